The maximum absolute atomic E-state index is 13.1. The number of methoxy groups -OCH3 is 1. The van der Waals surface area contributed by atoms with Crippen molar-refractivity contribution in [3.63, 3.8) is 0 Å². The lowest BCUT2D eigenvalue weighted by atomic mass is 10.0. The largest absolute Gasteiger partial charge is 0.497 e. The molecule has 4 rings (SSSR count). The minimum absolute atomic E-state index is 0.117. The predicted molar refractivity (Wildman–Crippen MR) is 107 cm³/mol. The molecule has 2 aromatic carbocycles. The van der Waals surface area contributed by atoms with Crippen LogP contribution in [0.3, 0.4) is 0 Å². The Morgan fingerprint density at radius 3 is 2.77 bits per heavy atom. The average Bonchev–Trinajstić information content (AvgIpc) is 3.29. The highest BCUT2D eigenvalue weighted by molar-refractivity contribution is 5.95. The van der Waals surface area contributed by atoms with E-state index in [0.29, 0.717) is 24.7 Å². The number of carbonyl (C=O) groups is 1. The number of non-ortho nitro benzene ring substituents is 1. The van der Waals surface area contributed by atoms with Gasteiger partial charge in [0.05, 0.1) is 12.0 Å². The van der Waals surface area contributed by atoms with Crippen LogP contribution in [0.15, 0.2) is 53.1 Å². The highest BCUT2D eigenvalue weighted by Gasteiger charge is 2.33. The maximum Gasteiger partial charge on any atom is 0.270 e. The van der Waals surface area contributed by atoms with Gasteiger partial charge in [-0.2, -0.15) is 4.98 Å². The van der Waals surface area contributed by atoms with Gasteiger partial charge in [-0.05, 0) is 49.6 Å². The van der Waals surface area contributed by atoms with Crippen molar-refractivity contribution in [1.29, 1.82) is 0 Å². The zero-order valence-corrected chi connectivity index (χ0v) is 16.4. The summed E-state index contributed by atoms with van der Waals surface area (Å²) in [6.07, 6.45) is 2.45. The molecule has 3 aromatic rings. The molecule has 154 valence electrons. The van der Waals surface area contributed by atoms with E-state index in [1.54, 1.807) is 18.1 Å². The summed E-state index contributed by atoms with van der Waals surface area (Å²) >= 11 is 0. The molecule has 9 heteroatoms. The highest BCUT2D eigenvalue weighted by Crippen LogP contribution is 2.33. The van der Waals surface area contributed by atoms with Gasteiger partial charge in [0.25, 0.3) is 11.6 Å². The first-order chi connectivity index (χ1) is 14.6. The summed E-state index contributed by atoms with van der Waals surface area (Å²) in [5, 5.41) is 15.1. The summed E-state index contributed by atoms with van der Waals surface area (Å²) in [7, 11) is 1.59. The molecule has 1 aliphatic rings. The second-order valence-corrected chi connectivity index (χ2v) is 7.00. The van der Waals surface area contributed by atoms with Gasteiger partial charge in [0, 0.05) is 29.8 Å². The van der Waals surface area contributed by atoms with Crippen LogP contribution in [-0.4, -0.2) is 39.5 Å². The maximum atomic E-state index is 13.1. The van der Waals surface area contributed by atoms with Crippen molar-refractivity contribution in [3.05, 3.63) is 70.1 Å². The van der Waals surface area contributed by atoms with Crippen molar-refractivity contribution in [2.45, 2.75) is 25.3 Å². The fourth-order valence-electron chi connectivity index (χ4n) is 3.58. The van der Waals surface area contributed by atoms with Crippen LogP contribution in [0.25, 0.3) is 11.4 Å². The minimum atomic E-state index is -0.510. The van der Waals surface area contributed by atoms with Gasteiger partial charge in [-0.15, -0.1) is 0 Å². The number of hydrogen-bond acceptors (Lipinski definition) is 7. The normalized spacial score (nSPS) is 16.3. The molecule has 1 fully saturated rings. The molecule has 1 saturated heterocycles. The first-order valence-electron chi connectivity index (χ1n) is 9.60. The Kier molecular flexibility index (Phi) is 5.42. The van der Waals surface area contributed by atoms with Crippen LogP contribution < -0.4 is 4.74 Å². The summed E-state index contributed by atoms with van der Waals surface area (Å²) in [5.74, 6) is 1.23. The quantitative estimate of drug-likeness (QED) is 0.463. The number of benzene rings is 2. The number of piperidine rings is 1. The monoisotopic (exact) mass is 408 g/mol. The zero-order valence-electron chi connectivity index (χ0n) is 16.4. The van der Waals surface area contributed by atoms with Gasteiger partial charge in [-0.3, -0.25) is 14.9 Å². The molecule has 9 nitrogen and oxygen atoms in total. The Balaban J connectivity index is 1.59. The number of carbonyl (C=O) groups excluding carboxylic acids is 1. The molecule has 1 amide bonds. The van der Waals surface area contributed by atoms with Crippen LogP contribution in [0.2, 0.25) is 0 Å². The Morgan fingerprint density at radius 1 is 1.23 bits per heavy atom. The lowest BCUT2D eigenvalue weighted by Gasteiger charge is -2.33. The third-order valence-corrected chi connectivity index (χ3v) is 5.14. The minimum Gasteiger partial charge on any atom is -0.497 e. The van der Waals surface area contributed by atoms with E-state index in [1.165, 1.54) is 18.2 Å². The molecule has 0 saturated carbocycles. The van der Waals surface area contributed by atoms with Gasteiger partial charge < -0.3 is 14.2 Å². The standard InChI is InChI=1S/C21H20N4O5/c1-29-17-10-8-14(9-11-17)19-22-20(30-23-19)18-7-2-3-12-24(18)21(26)15-5-4-6-16(13-15)25(27)28/h4-6,8-11,13,18H,2-3,7,12H2,1H3. The smallest absolute Gasteiger partial charge is 0.270 e. The lowest BCUT2D eigenvalue weighted by molar-refractivity contribution is -0.384. The molecule has 2 heterocycles. The number of nitro groups is 1. The Labute approximate surface area is 172 Å². The fraction of sp³-hybridized carbons (Fsp3) is 0.286. The third-order valence-electron chi connectivity index (χ3n) is 5.14. The number of amides is 1. The highest BCUT2D eigenvalue weighted by atomic mass is 16.6. The van der Waals surface area contributed by atoms with Crippen LogP contribution >= 0.6 is 0 Å². The predicted octanol–water partition coefficient (Wildman–Crippen LogP) is 4.02. The number of likely N-dealkylation sites (tertiary alicyclic amines) is 1. The second kappa shape index (κ2) is 8.32. The molecular formula is C21H20N4O5. The average molecular weight is 408 g/mol. The Hall–Kier alpha value is -3.75. The molecule has 1 atom stereocenters. The SMILES string of the molecule is COc1ccc(-c2noc(C3CCCCN3C(=O)c3cccc([N+](=O)[O-])c3)n2)cc1. The molecule has 1 aliphatic heterocycles. The van der Waals surface area contributed by atoms with Crippen molar-refractivity contribution in [1.82, 2.24) is 15.0 Å². The molecule has 0 bridgehead atoms. The lowest BCUT2D eigenvalue weighted by Crippen LogP contribution is -2.38. The van der Waals surface area contributed by atoms with Crippen molar-refractivity contribution in [2.24, 2.45) is 0 Å². The van der Waals surface area contributed by atoms with Gasteiger partial charge in [0.2, 0.25) is 11.7 Å². The molecule has 1 aromatic heterocycles. The molecule has 0 radical (unpaired) electrons. The number of aromatic nitrogens is 2. The van der Waals surface area contributed by atoms with E-state index in [9.17, 15) is 14.9 Å². The summed E-state index contributed by atoms with van der Waals surface area (Å²) in [4.78, 5) is 29.8. The fourth-order valence-corrected chi connectivity index (χ4v) is 3.58. The number of hydrogen-bond donors (Lipinski definition) is 0. The first kappa shape index (κ1) is 19.6. The molecule has 0 N–H and O–H groups in total. The van der Waals surface area contributed by atoms with Gasteiger partial charge in [-0.1, -0.05) is 11.2 Å². The zero-order chi connectivity index (χ0) is 21.1. The Morgan fingerprint density at radius 2 is 2.03 bits per heavy atom. The summed E-state index contributed by atoms with van der Waals surface area (Å²) in [6.45, 7) is 0.520. The van der Waals surface area contributed by atoms with Gasteiger partial charge in [0.1, 0.15) is 11.8 Å². The topological polar surface area (TPSA) is 112 Å². The number of nitrogens with zero attached hydrogens (tertiary/aromatic N) is 4. The molecule has 1 unspecified atom stereocenters. The van der Waals surface area contributed by atoms with Gasteiger partial charge in [-0.25, -0.2) is 0 Å². The molecule has 0 aliphatic carbocycles. The van der Waals surface area contributed by atoms with E-state index in [-0.39, 0.29) is 23.2 Å². The second-order valence-electron chi connectivity index (χ2n) is 7.00. The van der Waals surface area contributed by atoms with E-state index in [2.05, 4.69) is 10.1 Å². The van der Waals surface area contributed by atoms with Crippen molar-refractivity contribution in [2.75, 3.05) is 13.7 Å². The first-order valence-corrected chi connectivity index (χ1v) is 9.60. The van der Waals surface area contributed by atoms with E-state index in [1.807, 2.05) is 24.3 Å². The van der Waals surface area contributed by atoms with Crippen molar-refractivity contribution >= 4 is 11.6 Å². The Bertz CT molecular complexity index is 1060. The number of rotatable bonds is 5. The summed E-state index contributed by atoms with van der Waals surface area (Å²) in [6, 6.07) is 12.7. The van der Waals surface area contributed by atoms with Gasteiger partial charge in [0.15, 0.2) is 0 Å². The summed E-state index contributed by atoms with van der Waals surface area (Å²) < 4.78 is 10.7. The molecule has 30 heavy (non-hydrogen) atoms. The van der Waals surface area contributed by atoms with Crippen molar-refractivity contribution < 1.29 is 19.0 Å². The van der Waals surface area contributed by atoms with E-state index < -0.39 is 4.92 Å². The van der Waals surface area contributed by atoms with Crippen LogP contribution in [0.1, 0.15) is 41.6 Å². The number of ether oxygens (including phenoxy) is 1. The third kappa shape index (κ3) is 3.86. The number of nitro benzene ring substituents is 1. The van der Waals surface area contributed by atoms with Gasteiger partial charge >= 0.3 is 0 Å². The van der Waals surface area contributed by atoms with E-state index in [0.717, 1.165) is 24.2 Å². The van der Waals surface area contributed by atoms with Crippen LogP contribution in [-0.2, 0) is 0 Å². The summed E-state index contributed by atoms with van der Waals surface area (Å²) in [5.41, 5.74) is 0.929. The molecule has 0 spiro atoms. The van der Waals surface area contributed by atoms with E-state index in [4.69, 9.17) is 9.26 Å². The van der Waals surface area contributed by atoms with Crippen molar-refractivity contribution in [3.8, 4) is 17.1 Å². The molecular weight excluding hydrogens is 388 g/mol. The van der Waals surface area contributed by atoms with Crippen LogP contribution in [0.5, 0.6) is 5.75 Å². The van der Waals surface area contributed by atoms with Crippen LogP contribution in [0, 0.1) is 10.1 Å². The van der Waals surface area contributed by atoms with E-state index >= 15 is 0 Å². The van der Waals surface area contributed by atoms with Crippen LogP contribution in [0.4, 0.5) is 5.69 Å².